The standard InChI is InChI=1S/C18H37N5O2.HI/c1-16(14-22-5-9-24-10-6-22)13-20-17(19-4)21-15-18(2,3)23-7-11-25-12-8-23;/h16H,5-15H2,1-4H3,(H2,19,20,21);1H. The monoisotopic (exact) mass is 483 g/mol. The molecule has 8 heteroatoms. The van der Waals surface area contributed by atoms with Gasteiger partial charge in [0.05, 0.1) is 26.4 Å². The van der Waals surface area contributed by atoms with Gasteiger partial charge in [-0.2, -0.15) is 0 Å². The highest BCUT2D eigenvalue weighted by Crippen LogP contribution is 2.15. The van der Waals surface area contributed by atoms with Crippen LogP contribution in [0.1, 0.15) is 20.8 Å². The molecule has 2 rings (SSSR count). The van der Waals surface area contributed by atoms with Crippen molar-refractivity contribution in [2.75, 3.05) is 79.3 Å². The Hall–Kier alpha value is -0.160. The van der Waals surface area contributed by atoms with Gasteiger partial charge in [-0.05, 0) is 19.8 Å². The van der Waals surface area contributed by atoms with Gasteiger partial charge < -0.3 is 20.1 Å². The first-order valence-corrected chi connectivity index (χ1v) is 9.58. The minimum absolute atomic E-state index is 0. The number of ether oxygens (including phenoxy) is 2. The zero-order valence-corrected chi connectivity index (χ0v) is 19.3. The Morgan fingerprint density at radius 2 is 1.62 bits per heavy atom. The van der Waals surface area contributed by atoms with Gasteiger partial charge in [-0.15, -0.1) is 24.0 Å². The van der Waals surface area contributed by atoms with Gasteiger partial charge in [0.2, 0.25) is 0 Å². The molecule has 0 spiro atoms. The molecule has 0 aromatic carbocycles. The third-order valence-electron chi connectivity index (χ3n) is 5.07. The number of guanidine groups is 1. The van der Waals surface area contributed by atoms with Crippen molar-refractivity contribution in [3.05, 3.63) is 0 Å². The fourth-order valence-electron chi connectivity index (χ4n) is 3.36. The largest absolute Gasteiger partial charge is 0.379 e. The van der Waals surface area contributed by atoms with E-state index in [1.165, 1.54) is 0 Å². The summed E-state index contributed by atoms with van der Waals surface area (Å²) in [7, 11) is 1.84. The molecule has 2 saturated heterocycles. The minimum Gasteiger partial charge on any atom is -0.379 e. The minimum atomic E-state index is 0. The second kappa shape index (κ2) is 12.3. The Labute approximate surface area is 176 Å². The Morgan fingerprint density at radius 3 is 2.19 bits per heavy atom. The molecule has 26 heavy (non-hydrogen) atoms. The van der Waals surface area contributed by atoms with Gasteiger partial charge in [-0.1, -0.05) is 6.92 Å². The van der Waals surface area contributed by atoms with Gasteiger partial charge in [0.1, 0.15) is 0 Å². The maximum Gasteiger partial charge on any atom is 0.191 e. The van der Waals surface area contributed by atoms with Crippen molar-refractivity contribution in [3.8, 4) is 0 Å². The van der Waals surface area contributed by atoms with E-state index < -0.39 is 0 Å². The van der Waals surface area contributed by atoms with Crippen molar-refractivity contribution in [3.63, 3.8) is 0 Å². The topological polar surface area (TPSA) is 61.4 Å². The number of morpholine rings is 2. The molecule has 2 heterocycles. The molecule has 2 aliphatic rings. The number of hydrogen-bond donors (Lipinski definition) is 2. The third kappa shape index (κ3) is 8.24. The number of nitrogens with one attached hydrogen (secondary N) is 2. The number of aliphatic imine (C=N–C) groups is 1. The van der Waals surface area contributed by atoms with Gasteiger partial charge >= 0.3 is 0 Å². The average molecular weight is 483 g/mol. The summed E-state index contributed by atoms with van der Waals surface area (Å²) in [6.45, 7) is 17.2. The van der Waals surface area contributed by atoms with Crippen LogP contribution in [0.2, 0.25) is 0 Å². The summed E-state index contributed by atoms with van der Waals surface area (Å²) < 4.78 is 10.9. The van der Waals surface area contributed by atoms with Crippen molar-refractivity contribution < 1.29 is 9.47 Å². The lowest BCUT2D eigenvalue weighted by Gasteiger charge is -2.41. The molecule has 1 atom stereocenters. The zero-order chi connectivity index (χ0) is 18.1. The lowest BCUT2D eigenvalue weighted by Crippen LogP contribution is -2.56. The number of hydrogen-bond acceptors (Lipinski definition) is 5. The highest BCUT2D eigenvalue weighted by Gasteiger charge is 2.28. The predicted molar refractivity (Wildman–Crippen MR) is 118 cm³/mol. The summed E-state index contributed by atoms with van der Waals surface area (Å²) in [5.41, 5.74) is 0.0841. The molecule has 0 aromatic rings. The van der Waals surface area contributed by atoms with Crippen LogP contribution in [-0.4, -0.2) is 101 Å². The van der Waals surface area contributed by atoms with Crippen molar-refractivity contribution in [1.82, 2.24) is 20.4 Å². The molecule has 2 aliphatic heterocycles. The fraction of sp³-hybridized carbons (Fsp3) is 0.944. The SMILES string of the molecule is CN=C(NCC(C)CN1CCOCC1)NCC(C)(C)N1CCOCC1.I. The molecule has 2 N–H and O–H groups in total. The number of halogens is 1. The lowest BCUT2D eigenvalue weighted by molar-refractivity contribution is -0.00834. The Bertz CT molecular complexity index is 410. The summed E-state index contributed by atoms with van der Waals surface area (Å²) in [4.78, 5) is 9.34. The van der Waals surface area contributed by atoms with Crippen molar-refractivity contribution in [2.24, 2.45) is 10.9 Å². The molecule has 0 saturated carbocycles. The van der Waals surface area contributed by atoms with E-state index in [0.29, 0.717) is 5.92 Å². The number of rotatable bonds is 7. The van der Waals surface area contributed by atoms with Crippen LogP contribution in [0.15, 0.2) is 4.99 Å². The Morgan fingerprint density at radius 1 is 1.04 bits per heavy atom. The molecule has 0 aliphatic carbocycles. The van der Waals surface area contributed by atoms with Crippen LogP contribution in [-0.2, 0) is 9.47 Å². The van der Waals surface area contributed by atoms with Gasteiger partial charge in [-0.25, -0.2) is 0 Å². The van der Waals surface area contributed by atoms with E-state index in [1.807, 2.05) is 7.05 Å². The zero-order valence-electron chi connectivity index (χ0n) is 16.9. The average Bonchev–Trinajstić information content (AvgIpc) is 2.63. The van der Waals surface area contributed by atoms with E-state index in [9.17, 15) is 0 Å². The van der Waals surface area contributed by atoms with Crippen LogP contribution in [0.4, 0.5) is 0 Å². The van der Waals surface area contributed by atoms with Crippen LogP contribution >= 0.6 is 24.0 Å². The van der Waals surface area contributed by atoms with E-state index in [-0.39, 0.29) is 29.5 Å². The molecular weight excluding hydrogens is 445 g/mol. The van der Waals surface area contributed by atoms with E-state index in [0.717, 1.165) is 78.2 Å². The summed E-state index contributed by atoms with van der Waals surface area (Å²) in [5, 5.41) is 6.96. The van der Waals surface area contributed by atoms with Crippen LogP contribution in [0.5, 0.6) is 0 Å². The van der Waals surface area contributed by atoms with E-state index in [1.54, 1.807) is 0 Å². The molecule has 2 fully saturated rings. The van der Waals surface area contributed by atoms with Crippen molar-refractivity contribution in [1.29, 1.82) is 0 Å². The van der Waals surface area contributed by atoms with Gasteiger partial charge in [0.25, 0.3) is 0 Å². The highest BCUT2D eigenvalue weighted by atomic mass is 127. The smallest absolute Gasteiger partial charge is 0.191 e. The predicted octanol–water partition coefficient (Wildman–Crippen LogP) is 0.849. The summed E-state index contributed by atoms with van der Waals surface area (Å²) in [6.07, 6.45) is 0. The van der Waals surface area contributed by atoms with Gasteiger partial charge in [0.15, 0.2) is 5.96 Å². The van der Waals surface area contributed by atoms with Gasteiger partial charge in [0, 0.05) is 58.4 Å². The summed E-state index contributed by atoms with van der Waals surface area (Å²) in [6, 6.07) is 0. The first kappa shape index (κ1) is 23.9. The van der Waals surface area contributed by atoms with Gasteiger partial charge in [-0.3, -0.25) is 14.8 Å². The third-order valence-corrected chi connectivity index (χ3v) is 5.07. The quantitative estimate of drug-likeness (QED) is 0.318. The summed E-state index contributed by atoms with van der Waals surface area (Å²) >= 11 is 0. The Balaban J connectivity index is 0.00000338. The fourth-order valence-corrected chi connectivity index (χ4v) is 3.36. The molecule has 0 aromatic heterocycles. The van der Waals surface area contributed by atoms with E-state index >= 15 is 0 Å². The molecular formula is C18H38IN5O2. The molecule has 0 bridgehead atoms. The maximum absolute atomic E-state index is 5.46. The Kier molecular flexibility index (Phi) is 11.3. The number of nitrogens with zero attached hydrogens (tertiary/aromatic N) is 3. The molecule has 154 valence electrons. The first-order valence-electron chi connectivity index (χ1n) is 9.58. The maximum atomic E-state index is 5.46. The highest BCUT2D eigenvalue weighted by molar-refractivity contribution is 14.0. The van der Waals surface area contributed by atoms with Crippen LogP contribution in [0, 0.1) is 5.92 Å². The second-order valence-electron chi connectivity index (χ2n) is 7.74. The van der Waals surface area contributed by atoms with E-state index in [2.05, 4.69) is 46.2 Å². The van der Waals surface area contributed by atoms with Crippen LogP contribution in [0.25, 0.3) is 0 Å². The van der Waals surface area contributed by atoms with E-state index in [4.69, 9.17) is 9.47 Å². The van der Waals surface area contributed by atoms with Crippen LogP contribution < -0.4 is 10.6 Å². The summed E-state index contributed by atoms with van der Waals surface area (Å²) in [5.74, 6) is 1.46. The molecule has 1 unspecified atom stereocenters. The second-order valence-corrected chi connectivity index (χ2v) is 7.74. The first-order chi connectivity index (χ1) is 12.0. The van der Waals surface area contributed by atoms with Crippen molar-refractivity contribution >= 4 is 29.9 Å². The molecule has 0 radical (unpaired) electrons. The van der Waals surface area contributed by atoms with Crippen LogP contribution in [0.3, 0.4) is 0 Å². The normalized spacial score (nSPS) is 21.8. The molecule has 7 nitrogen and oxygen atoms in total. The lowest BCUT2D eigenvalue weighted by atomic mass is 10.0. The van der Waals surface area contributed by atoms with Crippen molar-refractivity contribution in [2.45, 2.75) is 26.3 Å². The molecule has 0 amide bonds.